The summed E-state index contributed by atoms with van der Waals surface area (Å²) in [6, 6.07) is 5.31. The number of anilines is 1. The van der Waals surface area contributed by atoms with E-state index in [0.29, 0.717) is 23.9 Å². The van der Waals surface area contributed by atoms with Crippen molar-refractivity contribution in [3.63, 3.8) is 0 Å². The van der Waals surface area contributed by atoms with Gasteiger partial charge in [0, 0.05) is 6.54 Å². The van der Waals surface area contributed by atoms with Crippen LogP contribution in [0, 0.1) is 0 Å². The molecule has 102 valence electrons. The fourth-order valence-electron chi connectivity index (χ4n) is 3.18. The summed E-state index contributed by atoms with van der Waals surface area (Å²) in [4.78, 5) is 13.5. The zero-order valence-corrected chi connectivity index (χ0v) is 11.3. The Balaban J connectivity index is 2.03. The largest absolute Gasteiger partial charge is 0.478 e. The number of carboxylic acids is 1. The smallest absolute Gasteiger partial charge is 0.337 e. The molecule has 1 aliphatic carbocycles. The van der Waals surface area contributed by atoms with Crippen LogP contribution in [0.15, 0.2) is 18.2 Å². The molecule has 4 nitrogen and oxygen atoms in total. The topological polar surface area (TPSA) is 49.8 Å². The second-order valence-electron chi connectivity index (χ2n) is 5.04. The number of para-hydroxylation sites is 1. The van der Waals surface area contributed by atoms with Crippen molar-refractivity contribution in [2.75, 3.05) is 18.1 Å². The molecule has 0 bridgehead atoms. The molecule has 3 rings (SSSR count). The first-order valence-electron chi connectivity index (χ1n) is 6.58. The average molecular weight is 282 g/mol. The van der Waals surface area contributed by atoms with Gasteiger partial charge in [-0.2, -0.15) is 0 Å². The second kappa shape index (κ2) is 5.02. The van der Waals surface area contributed by atoms with Gasteiger partial charge in [0.1, 0.15) is 0 Å². The van der Waals surface area contributed by atoms with Crippen molar-refractivity contribution in [2.45, 2.75) is 31.4 Å². The van der Waals surface area contributed by atoms with Crippen LogP contribution in [0.5, 0.6) is 0 Å². The molecule has 2 fully saturated rings. The third-order valence-electron chi connectivity index (χ3n) is 3.99. The first-order valence-corrected chi connectivity index (χ1v) is 6.96. The molecule has 0 aromatic heterocycles. The molecule has 2 atom stereocenters. The minimum Gasteiger partial charge on any atom is -0.478 e. The van der Waals surface area contributed by atoms with E-state index in [1.54, 1.807) is 18.2 Å². The quantitative estimate of drug-likeness (QED) is 0.906. The van der Waals surface area contributed by atoms with E-state index in [4.69, 9.17) is 16.3 Å². The van der Waals surface area contributed by atoms with Crippen molar-refractivity contribution in [3.05, 3.63) is 28.8 Å². The molecular formula is C14H16ClNO3. The summed E-state index contributed by atoms with van der Waals surface area (Å²) in [6.45, 7) is 1.33. The van der Waals surface area contributed by atoms with Gasteiger partial charge in [-0.3, -0.25) is 0 Å². The Morgan fingerprint density at radius 1 is 1.42 bits per heavy atom. The maximum absolute atomic E-state index is 11.4. The number of benzene rings is 1. The fraction of sp³-hybridized carbons (Fsp3) is 0.500. The molecule has 2 unspecified atom stereocenters. The van der Waals surface area contributed by atoms with Gasteiger partial charge >= 0.3 is 5.97 Å². The minimum atomic E-state index is -0.932. The average Bonchev–Trinajstić information content (AvgIpc) is 2.86. The van der Waals surface area contributed by atoms with Crippen LogP contribution >= 0.6 is 11.6 Å². The number of hydrogen-bond acceptors (Lipinski definition) is 3. The number of carbonyl (C=O) groups is 1. The van der Waals surface area contributed by atoms with Crippen molar-refractivity contribution in [3.8, 4) is 0 Å². The molecule has 5 heteroatoms. The van der Waals surface area contributed by atoms with E-state index in [1.165, 1.54) is 0 Å². The zero-order chi connectivity index (χ0) is 13.4. The number of halogens is 1. The summed E-state index contributed by atoms with van der Waals surface area (Å²) in [5.74, 6) is -0.932. The Labute approximate surface area is 116 Å². The first kappa shape index (κ1) is 12.8. The molecule has 1 heterocycles. The van der Waals surface area contributed by atoms with Crippen LogP contribution < -0.4 is 4.90 Å². The highest BCUT2D eigenvalue weighted by atomic mass is 35.5. The number of fused-ring (bicyclic) bond motifs is 1. The van der Waals surface area contributed by atoms with Crippen LogP contribution in [-0.4, -0.2) is 36.4 Å². The van der Waals surface area contributed by atoms with Gasteiger partial charge in [0.2, 0.25) is 0 Å². The number of hydrogen-bond donors (Lipinski definition) is 1. The van der Waals surface area contributed by atoms with Gasteiger partial charge in [0.05, 0.1) is 35.0 Å². The molecule has 1 saturated heterocycles. The molecule has 0 spiro atoms. The van der Waals surface area contributed by atoms with Gasteiger partial charge in [-0.1, -0.05) is 17.7 Å². The molecule has 0 radical (unpaired) electrons. The lowest BCUT2D eigenvalue weighted by Crippen LogP contribution is -2.49. The summed E-state index contributed by atoms with van der Waals surface area (Å²) >= 11 is 6.25. The van der Waals surface area contributed by atoms with Gasteiger partial charge in [-0.05, 0) is 31.4 Å². The predicted molar refractivity (Wildman–Crippen MR) is 73.1 cm³/mol. The summed E-state index contributed by atoms with van der Waals surface area (Å²) in [6.07, 6.45) is 3.42. The lowest BCUT2D eigenvalue weighted by atomic mass is 10.1. The molecule has 1 aromatic carbocycles. The third-order valence-corrected chi connectivity index (χ3v) is 4.29. The van der Waals surface area contributed by atoms with Gasteiger partial charge in [0.25, 0.3) is 0 Å². The molecule has 1 aromatic rings. The van der Waals surface area contributed by atoms with Crippen molar-refractivity contribution in [1.29, 1.82) is 0 Å². The van der Waals surface area contributed by atoms with E-state index in [-0.39, 0.29) is 17.7 Å². The number of nitrogens with zero attached hydrogens (tertiary/aromatic N) is 1. The first-order chi connectivity index (χ1) is 9.18. The molecule has 0 amide bonds. The molecule has 1 N–H and O–H groups in total. The monoisotopic (exact) mass is 281 g/mol. The molecule has 1 saturated carbocycles. The Bertz CT molecular complexity index is 505. The number of ether oxygens (including phenoxy) is 1. The maximum Gasteiger partial charge on any atom is 0.337 e. The maximum atomic E-state index is 11.4. The summed E-state index contributed by atoms with van der Waals surface area (Å²) in [5.41, 5.74) is 0.928. The fourth-order valence-corrected chi connectivity index (χ4v) is 3.47. The van der Waals surface area contributed by atoms with Gasteiger partial charge < -0.3 is 14.7 Å². The van der Waals surface area contributed by atoms with E-state index in [0.717, 1.165) is 19.3 Å². The van der Waals surface area contributed by atoms with Crippen molar-refractivity contribution in [1.82, 2.24) is 0 Å². The van der Waals surface area contributed by atoms with Crippen molar-refractivity contribution >= 4 is 23.3 Å². The summed E-state index contributed by atoms with van der Waals surface area (Å²) in [7, 11) is 0. The standard InChI is InChI=1S/C14H16ClNO3/c15-10-4-1-3-9(14(17)18)13(10)16-7-8-19-12-6-2-5-11(12)16/h1,3-4,11-12H,2,5-8H2,(H,17,18). The molecule has 1 aliphatic heterocycles. The van der Waals surface area contributed by atoms with E-state index in [9.17, 15) is 9.90 Å². The van der Waals surface area contributed by atoms with Gasteiger partial charge in [-0.15, -0.1) is 0 Å². The Kier molecular flexibility index (Phi) is 3.37. The third kappa shape index (κ3) is 2.19. The van der Waals surface area contributed by atoms with Crippen molar-refractivity contribution < 1.29 is 14.6 Å². The number of rotatable bonds is 2. The van der Waals surface area contributed by atoms with Crippen molar-refractivity contribution in [2.24, 2.45) is 0 Å². The normalized spacial score (nSPS) is 26.3. The molecule has 2 aliphatic rings. The predicted octanol–water partition coefficient (Wildman–Crippen LogP) is 2.80. The van der Waals surface area contributed by atoms with E-state index in [1.807, 2.05) is 0 Å². The highest BCUT2D eigenvalue weighted by Gasteiger charge is 2.38. The Hall–Kier alpha value is -1.26. The summed E-state index contributed by atoms with van der Waals surface area (Å²) in [5, 5.41) is 9.85. The number of aromatic carboxylic acids is 1. The Morgan fingerprint density at radius 3 is 3.05 bits per heavy atom. The van der Waals surface area contributed by atoms with Crippen LogP contribution in [0.25, 0.3) is 0 Å². The van der Waals surface area contributed by atoms with Gasteiger partial charge in [0.15, 0.2) is 0 Å². The Morgan fingerprint density at radius 2 is 2.26 bits per heavy atom. The van der Waals surface area contributed by atoms with E-state index in [2.05, 4.69) is 4.90 Å². The van der Waals surface area contributed by atoms with Gasteiger partial charge in [-0.25, -0.2) is 4.79 Å². The van der Waals surface area contributed by atoms with E-state index < -0.39 is 5.97 Å². The zero-order valence-electron chi connectivity index (χ0n) is 10.5. The van der Waals surface area contributed by atoms with Crippen LogP contribution in [0.1, 0.15) is 29.6 Å². The molecular weight excluding hydrogens is 266 g/mol. The lowest BCUT2D eigenvalue weighted by Gasteiger charge is -2.40. The second-order valence-corrected chi connectivity index (χ2v) is 5.45. The highest BCUT2D eigenvalue weighted by Crippen LogP contribution is 2.38. The summed E-state index contributed by atoms with van der Waals surface area (Å²) < 4.78 is 5.76. The number of morpholine rings is 1. The molecule has 19 heavy (non-hydrogen) atoms. The minimum absolute atomic E-state index is 0.215. The van der Waals surface area contributed by atoms with E-state index >= 15 is 0 Å². The highest BCUT2D eigenvalue weighted by molar-refractivity contribution is 6.34. The van der Waals surface area contributed by atoms with Crippen LogP contribution in [0.3, 0.4) is 0 Å². The van der Waals surface area contributed by atoms with Crippen LogP contribution in [0.2, 0.25) is 5.02 Å². The van der Waals surface area contributed by atoms with Crippen LogP contribution in [-0.2, 0) is 4.74 Å². The van der Waals surface area contributed by atoms with Crippen LogP contribution in [0.4, 0.5) is 5.69 Å². The lowest BCUT2D eigenvalue weighted by molar-refractivity contribution is 0.0254. The number of carboxylic acid groups (broad SMARTS) is 1. The SMILES string of the molecule is O=C(O)c1cccc(Cl)c1N1CCOC2CCCC21.